The summed E-state index contributed by atoms with van der Waals surface area (Å²) < 4.78 is 0. The third-order valence-corrected chi connectivity index (χ3v) is 1.64. The van der Waals surface area contributed by atoms with Crippen molar-refractivity contribution in [1.29, 1.82) is 0 Å². The number of hydrogen-bond acceptors (Lipinski definition) is 3. The zero-order chi connectivity index (χ0) is 9.52. The average Bonchev–Trinajstić information content (AvgIpc) is 2.14. The number of pyridine rings is 1. The molecule has 0 fully saturated rings. The molecule has 69 valence electrons. The summed E-state index contributed by atoms with van der Waals surface area (Å²) in [6, 6.07) is 3.92. The first-order valence-electron chi connectivity index (χ1n) is 4.23. The molecule has 1 heterocycles. The Labute approximate surface area is 78.2 Å². The van der Waals surface area contributed by atoms with Gasteiger partial charge in [0.05, 0.1) is 6.54 Å². The van der Waals surface area contributed by atoms with Gasteiger partial charge in [-0.15, -0.1) is 0 Å². The molecule has 0 aliphatic carbocycles. The Bertz CT molecular complexity index is 259. The quantitative estimate of drug-likeness (QED) is 0.670. The van der Waals surface area contributed by atoms with Crippen molar-refractivity contribution in [3.05, 3.63) is 37.0 Å². The summed E-state index contributed by atoms with van der Waals surface area (Å²) in [5.74, 6) is -0.0776. The van der Waals surface area contributed by atoms with Crippen molar-refractivity contribution in [1.82, 2.24) is 10.3 Å². The molecule has 13 heavy (non-hydrogen) atoms. The van der Waals surface area contributed by atoms with Crippen molar-refractivity contribution in [3.8, 4) is 0 Å². The lowest BCUT2D eigenvalue weighted by molar-refractivity contribution is -0.114. The Hall–Kier alpha value is -1.22. The molecule has 1 N–H and O–H groups in total. The van der Waals surface area contributed by atoms with Gasteiger partial charge in [0, 0.05) is 19.3 Å². The highest BCUT2D eigenvalue weighted by atomic mass is 16.1. The van der Waals surface area contributed by atoms with Crippen molar-refractivity contribution < 1.29 is 4.79 Å². The summed E-state index contributed by atoms with van der Waals surface area (Å²) in [7, 11) is 0. The molecule has 0 aliphatic heterocycles. The third-order valence-electron chi connectivity index (χ3n) is 1.64. The fraction of sp³-hybridized carbons (Fsp3) is 0.300. The average molecular weight is 177 g/mol. The van der Waals surface area contributed by atoms with E-state index in [0.717, 1.165) is 13.0 Å². The number of hydrogen-bond donors (Lipinski definition) is 1. The van der Waals surface area contributed by atoms with E-state index in [1.54, 1.807) is 6.20 Å². The van der Waals surface area contributed by atoms with E-state index in [0.29, 0.717) is 6.54 Å². The SMILES string of the molecule is [CH2]C(=O)CNCCc1cccnc1. The number of nitrogens with one attached hydrogen (secondary N) is 1. The van der Waals surface area contributed by atoms with Gasteiger partial charge in [-0.25, -0.2) is 0 Å². The van der Waals surface area contributed by atoms with Crippen LogP contribution < -0.4 is 5.32 Å². The lowest BCUT2D eigenvalue weighted by Crippen LogP contribution is -2.23. The van der Waals surface area contributed by atoms with Gasteiger partial charge < -0.3 is 5.32 Å². The third kappa shape index (κ3) is 4.38. The van der Waals surface area contributed by atoms with Crippen LogP contribution in [0.15, 0.2) is 24.5 Å². The predicted molar refractivity (Wildman–Crippen MR) is 51.2 cm³/mol. The molecule has 3 nitrogen and oxygen atoms in total. The molecule has 0 saturated heterocycles. The molecule has 1 aromatic rings. The Morgan fingerprint density at radius 3 is 3.08 bits per heavy atom. The van der Waals surface area contributed by atoms with Crippen LogP contribution in [0, 0.1) is 6.92 Å². The van der Waals surface area contributed by atoms with Gasteiger partial charge in [0.2, 0.25) is 0 Å². The van der Waals surface area contributed by atoms with Crippen molar-refractivity contribution in [2.45, 2.75) is 6.42 Å². The molecule has 0 bridgehead atoms. The van der Waals surface area contributed by atoms with Crippen LogP contribution in [0.2, 0.25) is 0 Å². The van der Waals surface area contributed by atoms with Gasteiger partial charge in [-0.2, -0.15) is 0 Å². The van der Waals surface area contributed by atoms with Crippen LogP contribution in [0.4, 0.5) is 0 Å². The van der Waals surface area contributed by atoms with E-state index in [-0.39, 0.29) is 5.78 Å². The smallest absolute Gasteiger partial charge is 0.147 e. The first kappa shape index (κ1) is 9.86. The molecule has 0 amide bonds. The van der Waals surface area contributed by atoms with E-state index >= 15 is 0 Å². The highest BCUT2D eigenvalue weighted by Gasteiger charge is 1.93. The van der Waals surface area contributed by atoms with Crippen LogP contribution in [-0.2, 0) is 11.2 Å². The van der Waals surface area contributed by atoms with Crippen LogP contribution in [0.1, 0.15) is 5.56 Å². The largest absolute Gasteiger partial charge is 0.310 e. The van der Waals surface area contributed by atoms with Crippen LogP contribution >= 0.6 is 0 Å². The number of ketones is 1. The molecule has 3 heteroatoms. The molecule has 0 aliphatic rings. The second-order valence-electron chi connectivity index (χ2n) is 2.83. The maximum absolute atomic E-state index is 10.5. The normalized spacial score (nSPS) is 9.92. The van der Waals surface area contributed by atoms with Crippen molar-refractivity contribution in [3.63, 3.8) is 0 Å². The number of Topliss-reactive ketones (excluding diaryl/α,β-unsaturated/α-hetero) is 1. The molecule has 0 saturated carbocycles. The van der Waals surface area contributed by atoms with Crippen LogP contribution in [-0.4, -0.2) is 23.9 Å². The van der Waals surface area contributed by atoms with Crippen molar-refractivity contribution >= 4 is 5.78 Å². The molecule has 0 aromatic carbocycles. The van der Waals surface area contributed by atoms with Crippen LogP contribution in [0.5, 0.6) is 0 Å². The summed E-state index contributed by atoms with van der Waals surface area (Å²) in [4.78, 5) is 14.5. The zero-order valence-electron chi connectivity index (χ0n) is 7.49. The minimum atomic E-state index is -0.0776. The highest BCUT2D eigenvalue weighted by molar-refractivity contribution is 5.84. The number of rotatable bonds is 5. The van der Waals surface area contributed by atoms with E-state index in [9.17, 15) is 4.79 Å². The molecule has 0 unspecified atom stereocenters. The Morgan fingerprint density at radius 2 is 2.46 bits per heavy atom. The molecule has 1 radical (unpaired) electrons. The lowest BCUT2D eigenvalue weighted by atomic mass is 10.2. The molecule has 0 spiro atoms. The number of carbonyl (C=O) groups excluding carboxylic acids is 1. The molecule has 0 atom stereocenters. The zero-order valence-corrected chi connectivity index (χ0v) is 7.49. The van der Waals surface area contributed by atoms with Gasteiger partial charge in [0.25, 0.3) is 0 Å². The fourth-order valence-corrected chi connectivity index (χ4v) is 1.01. The maximum Gasteiger partial charge on any atom is 0.147 e. The topological polar surface area (TPSA) is 42.0 Å². The van der Waals surface area contributed by atoms with Gasteiger partial charge in [-0.3, -0.25) is 9.78 Å². The highest BCUT2D eigenvalue weighted by Crippen LogP contribution is 1.94. The number of aromatic nitrogens is 1. The minimum Gasteiger partial charge on any atom is -0.310 e. The summed E-state index contributed by atoms with van der Waals surface area (Å²) in [5.41, 5.74) is 1.17. The maximum atomic E-state index is 10.5. The first-order chi connectivity index (χ1) is 6.29. The summed E-state index contributed by atoms with van der Waals surface area (Å²) in [6.45, 7) is 4.40. The Kier molecular flexibility index (Phi) is 4.12. The van der Waals surface area contributed by atoms with E-state index in [1.165, 1.54) is 5.56 Å². The summed E-state index contributed by atoms with van der Waals surface area (Å²) >= 11 is 0. The number of carbonyl (C=O) groups is 1. The van der Waals surface area contributed by atoms with Crippen LogP contribution in [0.25, 0.3) is 0 Å². The van der Waals surface area contributed by atoms with E-state index in [4.69, 9.17) is 0 Å². The molecular weight excluding hydrogens is 164 g/mol. The summed E-state index contributed by atoms with van der Waals surface area (Å²) in [5, 5.41) is 2.99. The van der Waals surface area contributed by atoms with Gasteiger partial charge in [0.1, 0.15) is 5.78 Å². The van der Waals surface area contributed by atoms with E-state index in [2.05, 4.69) is 17.2 Å². The first-order valence-corrected chi connectivity index (χ1v) is 4.23. The Balaban J connectivity index is 2.17. The monoisotopic (exact) mass is 177 g/mol. The Morgan fingerprint density at radius 1 is 1.62 bits per heavy atom. The second-order valence-corrected chi connectivity index (χ2v) is 2.83. The van der Waals surface area contributed by atoms with E-state index in [1.807, 2.05) is 18.3 Å². The standard InChI is InChI=1S/C10H13N2O/c1-9(13)7-12-6-4-10-3-2-5-11-8-10/h2-3,5,8,12H,1,4,6-7H2. The molecular formula is C10H13N2O. The van der Waals surface area contributed by atoms with Gasteiger partial charge >= 0.3 is 0 Å². The summed E-state index contributed by atoms with van der Waals surface area (Å²) in [6.07, 6.45) is 4.46. The predicted octanol–water partition coefficient (Wildman–Crippen LogP) is 0.617. The minimum absolute atomic E-state index is 0.0776. The van der Waals surface area contributed by atoms with Gasteiger partial charge in [-0.1, -0.05) is 6.07 Å². The number of nitrogens with zero attached hydrogens (tertiary/aromatic N) is 1. The molecule has 1 aromatic heterocycles. The second kappa shape index (κ2) is 5.43. The van der Waals surface area contributed by atoms with Gasteiger partial charge in [0.15, 0.2) is 0 Å². The van der Waals surface area contributed by atoms with Gasteiger partial charge in [-0.05, 0) is 24.6 Å². The van der Waals surface area contributed by atoms with Crippen molar-refractivity contribution in [2.75, 3.05) is 13.1 Å². The molecule has 1 rings (SSSR count). The lowest BCUT2D eigenvalue weighted by Gasteiger charge is -2.01. The fourth-order valence-electron chi connectivity index (χ4n) is 1.01. The van der Waals surface area contributed by atoms with Crippen molar-refractivity contribution in [2.24, 2.45) is 0 Å². The van der Waals surface area contributed by atoms with E-state index < -0.39 is 0 Å². The van der Waals surface area contributed by atoms with Crippen LogP contribution in [0.3, 0.4) is 0 Å².